The highest BCUT2D eigenvalue weighted by Gasteiger charge is 2.20. The molecule has 2 unspecified atom stereocenters. The lowest BCUT2D eigenvalue weighted by Crippen LogP contribution is -2.41. The zero-order valence-corrected chi connectivity index (χ0v) is 11.9. The molecule has 106 valence electrons. The number of nitrogens with one attached hydrogen (secondary N) is 1. The summed E-state index contributed by atoms with van der Waals surface area (Å²) in [5, 5.41) is 3.29. The molecule has 0 amide bonds. The van der Waals surface area contributed by atoms with E-state index in [4.69, 9.17) is 4.74 Å². The Morgan fingerprint density at radius 3 is 2.95 bits per heavy atom. The zero-order chi connectivity index (χ0) is 13.8. The fourth-order valence-corrected chi connectivity index (χ4v) is 2.51. The van der Waals surface area contributed by atoms with E-state index >= 15 is 0 Å². The molecule has 0 bridgehead atoms. The SMILES string of the molecule is CCNC(C)c1ccc(N2CCOC(C)C2)c(F)c1. The Morgan fingerprint density at radius 2 is 2.32 bits per heavy atom. The second kappa shape index (κ2) is 6.35. The Hall–Kier alpha value is -1.13. The number of nitrogens with zero attached hydrogens (tertiary/aromatic N) is 1. The van der Waals surface area contributed by atoms with Gasteiger partial charge in [-0.2, -0.15) is 0 Å². The molecule has 1 aliphatic rings. The Bertz CT molecular complexity index is 425. The van der Waals surface area contributed by atoms with E-state index in [-0.39, 0.29) is 18.0 Å². The summed E-state index contributed by atoms with van der Waals surface area (Å²) in [5.74, 6) is -0.142. The van der Waals surface area contributed by atoms with Gasteiger partial charge in [-0.1, -0.05) is 13.0 Å². The van der Waals surface area contributed by atoms with Gasteiger partial charge in [-0.05, 0) is 38.1 Å². The molecule has 0 aromatic heterocycles. The zero-order valence-electron chi connectivity index (χ0n) is 11.9. The van der Waals surface area contributed by atoms with Crippen LogP contribution in [0.5, 0.6) is 0 Å². The molecule has 4 heteroatoms. The molecule has 0 saturated carbocycles. The summed E-state index contributed by atoms with van der Waals surface area (Å²) in [6, 6.07) is 5.71. The molecular formula is C15H23FN2O. The van der Waals surface area contributed by atoms with Crippen molar-refractivity contribution < 1.29 is 9.13 Å². The summed E-state index contributed by atoms with van der Waals surface area (Å²) in [6.45, 7) is 9.17. The van der Waals surface area contributed by atoms with Crippen molar-refractivity contribution in [3.63, 3.8) is 0 Å². The third kappa shape index (κ3) is 3.45. The van der Waals surface area contributed by atoms with E-state index in [1.807, 2.05) is 19.1 Å². The Labute approximate surface area is 114 Å². The van der Waals surface area contributed by atoms with Crippen molar-refractivity contribution in [2.75, 3.05) is 31.1 Å². The van der Waals surface area contributed by atoms with Crippen molar-refractivity contribution in [2.45, 2.75) is 32.9 Å². The lowest BCUT2D eigenvalue weighted by molar-refractivity contribution is 0.0530. The molecule has 1 N–H and O–H groups in total. The fraction of sp³-hybridized carbons (Fsp3) is 0.600. The lowest BCUT2D eigenvalue weighted by Gasteiger charge is -2.33. The van der Waals surface area contributed by atoms with Crippen LogP contribution in [0.1, 0.15) is 32.4 Å². The number of anilines is 1. The first-order valence-electron chi connectivity index (χ1n) is 7.01. The van der Waals surface area contributed by atoms with E-state index in [0.29, 0.717) is 12.3 Å². The maximum atomic E-state index is 14.3. The van der Waals surface area contributed by atoms with Crippen molar-refractivity contribution in [3.05, 3.63) is 29.6 Å². The molecule has 1 saturated heterocycles. The fourth-order valence-electron chi connectivity index (χ4n) is 2.51. The Morgan fingerprint density at radius 1 is 1.53 bits per heavy atom. The van der Waals surface area contributed by atoms with Crippen LogP contribution in [0.3, 0.4) is 0 Å². The van der Waals surface area contributed by atoms with Crippen LogP contribution in [0.2, 0.25) is 0 Å². The highest BCUT2D eigenvalue weighted by molar-refractivity contribution is 5.50. The molecule has 19 heavy (non-hydrogen) atoms. The van der Waals surface area contributed by atoms with Crippen LogP contribution in [0.4, 0.5) is 10.1 Å². The number of hydrogen-bond acceptors (Lipinski definition) is 3. The molecule has 1 fully saturated rings. The van der Waals surface area contributed by atoms with Crippen LogP contribution in [0.25, 0.3) is 0 Å². The topological polar surface area (TPSA) is 24.5 Å². The molecule has 3 nitrogen and oxygen atoms in total. The van der Waals surface area contributed by atoms with E-state index in [2.05, 4.69) is 24.1 Å². The van der Waals surface area contributed by atoms with Crippen molar-refractivity contribution in [1.29, 1.82) is 0 Å². The first-order chi connectivity index (χ1) is 9.11. The van der Waals surface area contributed by atoms with Gasteiger partial charge < -0.3 is 15.0 Å². The van der Waals surface area contributed by atoms with E-state index in [0.717, 1.165) is 25.2 Å². The third-order valence-electron chi connectivity index (χ3n) is 3.56. The van der Waals surface area contributed by atoms with Crippen molar-refractivity contribution in [3.8, 4) is 0 Å². The first kappa shape index (κ1) is 14.3. The molecule has 0 spiro atoms. The Balaban J connectivity index is 2.14. The first-order valence-corrected chi connectivity index (χ1v) is 7.01. The number of halogens is 1. The van der Waals surface area contributed by atoms with Gasteiger partial charge >= 0.3 is 0 Å². The minimum Gasteiger partial charge on any atom is -0.375 e. The average Bonchev–Trinajstić information content (AvgIpc) is 2.38. The molecule has 0 radical (unpaired) electrons. The summed E-state index contributed by atoms with van der Waals surface area (Å²) in [7, 11) is 0. The number of ether oxygens (including phenoxy) is 1. The van der Waals surface area contributed by atoms with Gasteiger partial charge in [0, 0.05) is 19.1 Å². The quantitative estimate of drug-likeness (QED) is 0.907. The largest absolute Gasteiger partial charge is 0.375 e. The van der Waals surface area contributed by atoms with Gasteiger partial charge in [0.05, 0.1) is 18.4 Å². The minimum atomic E-state index is -0.142. The molecule has 1 aromatic carbocycles. The minimum absolute atomic E-state index is 0.142. The predicted octanol–water partition coefficient (Wildman–Crippen LogP) is 2.72. The van der Waals surface area contributed by atoms with E-state index < -0.39 is 0 Å². The number of hydrogen-bond donors (Lipinski definition) is 1. The predicted molar refractivity (Wildman–Crippen MR) is 76.1 cm³/mol. The summed E-state index contributed by atoms with van der Waals surface area (Å²) in [4.78, 5) is 2.06. The molecule has 2 rings (SSSR count). The summed E-state index contributed by atoms with van der Waals surface area (Å²) >= 11 is 0. The summed E-state index contributed by atoms with van der Waals surface area (Å²) in [5.41, 5.74) is 1.67. The Kier molecular flexibility index (Phi) is 4.77. The van der Waals surface area contributed by atoms with Gasteiger partial charge in [0.25, 0.3) is 0 Å². The summed E-state index contributed by atoms with van der Waals surface area (Å²) < 4.78 is 19.7. The molecule has 1 aromatic rings. The van der Waals surface area contributed by atoms with Crippen LogP contribution in [0.15, 0.2) is 18.2 Å². The highest BCUT2D eigenvalue weighted by atomic mass is 19.1. The number of rotatable bonds is 4. The smallest absolute Gasteiger partial charge is 0.146 e. The van der Waals surface area contributed by atoms with Gasteiger partial charge in [-0.25, -0.2) is 4.39 Å². The molecule has 0 aliphatic carbocycles. The molecule has 1 aliphatic heterocycles. The third-order valence-corrected chi connectivity index (χ3v) is 3.56. The second-order valence-corrected chi connectivity index (χ2v) is 5.12. The monoisotopic (exact) mass is 266 g/mol. The van der Waals surface area contributed by atoms with Gasteiger partial charge in [0.1, 0.15) is 5.82 Å². The van der Waals surface area contributed by atoms with Gasteiger partial charge in [-0.3, -0.25) is 0 Å². The van der Waals surface area contributed by atoms with Crippen LogP contribution in [-0.2, 0) is 4.74 Å². The normalized spacial score (nSPS) is 21.5. The van der Waals surface area contributed by atoms with Crippen molar-refractivity contribution >= 4 is 5.69 Å². The number of benzene rings is 1. The van der Waals surface area contributed by atoms with Crippen LogP contribution in [0, 0.1) is 5.82 Å². The second-order valence-electron chi connectivity index (χ2n) is 5.12. The van der Waals surface area contributed by atoms with Gasteiger partial charge in [0.15, 0.2) is 0 Å². The molecule has 1 heterocycles. The lowest BCUT2D eigenvalue weighted by atomic mass is 10.1. The average molecular weight is 266 g/mol. The van der Waals surface area contributed by atoms with E-state index in [1.54, 1.807) is 6.07 Å². The van der Waals surface area contributed by atoms with Crippen LogP contribution >= 0.6 is 0 Å². The van der Waals surface area contributed by atoms with Gasteiger partial charge in [0.2, 0.25) is 0 Å². The molecule has 2 atom stereocenters. The van der Waals surface area contributed by atoms with E-state index in [9.17, 15) is 4.39 Å². The number of morpholine rings is 1. The molecular weight excluding hydrogens is 243 g/mol. The van der Waals surface area contributed by atoms with Crippen molar-refractivity contribution in [2.24, 2.45) is 0 Å². The van der Waals surface area contributed by atoms with Crippen molar-refractivity contribution in [1.82, 2.24) is 5.32 Å². The standard InChI is InChI=1S/C15H23FN2O/c1-4-17-12(3)13-5-6-15(14(16)9-13)18-7-8-19-11(2)10-18/h5-6,9,11-12,17H,4,7-8,10H2,1-3H3. The van der Waals surface area contributed by atoms with E-state index in [1.165, 1.54) is 0 Å². The van der Waals surface area contributed by atoms with Gasteiger partial charge in [-0.15, -0.1) is 0 Å². The highest BCUT2D eigenvalue weighted by Crippen LogP contribution is 2.25. The summed E-state index contributed by atoms with van der Waals surface area (Å²) in [6.07, 6.45) is 0.161. The maximum Gasteiger partial charge on any atom is 0.146 e. The van der Waals surface area contributed by atoms with Crippen LogP contribution in [-0.4, -0.2) is 32.3 Å². The maximum absolute atomic E-state index is 14.3. The van der Waals surface area contributed by atoms with Crippen LogP contribution < -0.4 is 10.2 Å².